The number of nitrogens with one attached hydrogen (secondary N) is 1. The van der Waals surface area contributed by atoms with Crippen molar-refractivity contribution in [1.29, 1.82) is 0 Å². The lowest BCUT2D eigenvalue weighted by Crippen LogP contribution is -2.33. The van der Waals surface area contributed by atoms with Crippen LogP contribution < -0.4 is 10.2 Å². The van der Waals surface area contributed by atoms with Gasteiger partial charge in [0.05, 0.1) is 0 Å². The van der Waals surface area contributed by atoms with Gasteiger partial charge < -0.3 is 10.2 Å². The summed E-state index contributed by atoms with van der Waals surface area (Å²) in [5.74, 6) is 1.08. The van der Waals surface area contributed by atoms with Crippen molar-refractivity contribution in [1.82, 2.24) is 15.3 Å². The molecule has 1 fully saturated rings. The lowest BCUT2D eigenvalue weighted by molar-refractivity contribution is 0.355. The molecule has 0 spiro atoms. The second-order valence-electron chi connectivity index (χ2n) is 5.23. The first-order valence-electron chi connectivity index (χ1n) is 6.37. The Morgan fingerprint density at radius 3 is 3.00 bits per heavy atom. The lowest BCUT2D eigenvalue weighted by atomic mass is 9.90. The number of aromatic nitrogens is 2. The molecule has 2 rings (SSSR count). The van der Waals surface area contributed by atoms with Gasteiger partial charge in [-0.05, 0) is 25.3 Å². The molecule has 1 aromatic heterocycles. The summed E-state index contributed by atoms with van der Waals surface area (Å²) in [7, 11) is 2.02. The number of anilines is 1. The molecule has 17 heavy (non-hydrogen) atoms. The molecule has 1 aliphatic heterocycles. The molecule has 1 aliphatic rings. The van der Waals surface area contributed by atoms with E-state index in [0.717, 1.165) is 37.6 Å². The fraction of sp³-hybridized carbons (Fsp3) is 0.692. The highest BCUT2D eigenvalue weighted by Crippen LogP contribution is 2.31. The standard InChI is InChI=1S/C13H22N4/c1-4-11-7-12(16-10-15-11)17-6-5-13(2,9-17)8-14-3/h7,10,14H,4-6,8-9H2,1-3H3. The molecule has 2 heterocycles. The molecule has 0 radical (unpaired) electrons. The average Bonchev–Trinajstić information content (AvgIpc) is 2.72. The highest BCUT2D eigenvalue weighted by Gasteiger charge is 2.33. The van der Waals surface area contributed by atoms with Crippen LogP contribution in [0.3, 0.4) is 0 Å². The molecule has 94 valence electrons. The average molecular weight is 234 g/mol. The van der Waals surface area contributed by atoms with Crippen LogP contribution in [0.15, 0.2) is 12.4 Å². The van der Waals surface area contributed by atoms with Gasteiger partial charge in [0.2, 0.25) is 0 Å². The van der Waals surface area contributed by atoms with Crippen LogP contribution in [0.25, 0.3) is 0 Å². The summed E-state index contributed by atoms with van der Waals surface area (Å²) < 4.78 is 0. The van der Waals surface area contributed by atoms with E-state index in [2.05, 4.69) is 40.1 Å². The molecule has 0 saturated carbocycles. The molecular formula is C13H22N4. The van der Waals surface area contributed by atoms with Gasteiger partial charge in [0.1, 0.15) is 12.1 Å². The molecule has 0 aliphatic carbocycles. The molecule has 0 bridgehead atoms. The monoisotopic (exact) mass is 234 g/mol. The largest absolute Gasteiger partial charge is 0.356 e. The number of aryl methyl sites for hydroxylation is 1. The first-order chi connectivity index (χ1) is 8.17. The summed E-state index contributed by atoms with van der Waals surface area (Å²) in [5.41, 5.74) is 1.49. The Bertz CT molecular complexity index is 379. The molecule has 4 nitrogen and oxygen atoms in total. The number of hydrogen-bond donors (Lipinski definition) is 1. The summed E-state index contributed by atoms with van der Waals surface area (Å²) in [5, 5.41) is 3.29. The Morgan fingerprint density at radius 2 is 2.29 bits per heavy atom. The molecular weight excluding hydrogens is 212 g/mol. The zero-order valence-corrected chi connectivity index (χ0v) is 11.0. The third kappa shape index (κ3) is 2.75. The fourth-order valence-electron chi connectivity index (χ4n) is 2.54. The van der Waals surface area contributed by atoms with Crippen LogP contribution in [0.2, 0.25) is 0 Å². The van der Waals surface area contributed by atoms with E-state index in [1.165, 1.54) is 6.42 Å². The van der Waals surface area contributed by atoms with Crippen molar-refractivity contribution in [2.24, 2.45) is 5.41 Å². The minimum atomic E-state index is 0.367. The van der Waals surface area contributed by atoms with Gasteiger partial charge in [0, 0.05) is 31.4 Å². The summed E-state index contributed by atoms with van der Waals surface area (Å²) in [4.78, 5) is 11.0. The van der Waals surface area contributed by atoms with Gasteiger partial charge in [-0.25, -0.2) is 9.97 Å². The van der Waals surface area contributed by atoms with E-state index in [4.69, 9.17) is 0 Å². The fourth-order valence-corrected chi connectivity index (χ4v) is 2.54. The van der Waals surface area contributed by atoms with Gasteiger partial charge in [0.15, 0.2) is 0 Å². The van der Waals surface area contributed by atoms with Crippen LogP contribution in [0.1, 0.15) is 26.0 Å². The van der Waals surface area contributed by atoms with E-state index in [1.54, 1.807) is 6.33 Å². The van der Waals surface area contributed by atoms with Crippen molar-refractivity contribution >= 4 is 5.82 Å². The van der Waals surface area contributed by atoms with Gasteiger partial charge >= 0.3 is 0 Å². The Hall–Kier alpha value is -1.16. The third-order valence-electron chi connectivity index (χ3n) is 3.56. The quantitative estimate of drug-likeness (QED) is 0.856. The highest BCUT2D eigenvalue weighted by atomic mass is 15.2. The number of hydrogen-bond acceptors (Lipinski definition) is 4. The van der Waals surface area contributed by atoms with Crippen LogP contribution in [0, 0.1) is 5.41 Å². The first kappa shape index (κ1) is 12.3. The van der Waals surface area contributed by atoms with E-state index in [-0.39, 0.29) is 0 Å². The summed E-state index contributed by atoms with van der Waals surface area (Å²) >= 11 is 0. The summed E-state index contributed by atoms with van der Waals surface area (Å²) in [6.45, 7) is 7.70. The molecule has 1 atom stereocenters. The Morgan fingerprint density at radius 1 is 1.47 bits per heavy atom. The Labute approximate surface area is 103 Å². The van der Waals surface area contributed by atoms with Crippen molar-refractivity contribution in [2.75, 3.05) is 31.6 Å². The highest BCUT2D eigenvalue weighted by molar-refractivity contribution is 5.40. The second kappa shape index (κ2) is 5.00. The molecule has 1 aromatic rings. The molecule has 1 saturated heterocycles. The van der Waals surface area contributed by atoms with Crippen molar-refractivity contribution in [3.8, 4) is 0 Å². The van der Waals surface area contributed by atoms with E-state index >= 15 is 0 Å². The molecule has 1 unspecified atom stereocenters. The maximum atomic E-state index is 4.39. The smallest absolute Gasteiger partial charge is 0.132 e. The Kier molecular flexibility index (Phi) is 3.62. The van der Waals surface area contributed by atoms with Crippen molar-refractivity contribution in [2.45, 2.75) is 26.7 Å². The maximum absolute atomic E-state index is 4.39. The van der Waals surface area contributed by atoms with Crippen molar-refractivity contribution in [3.63, 3.8) is 0 Å². The number of nitrogens with zero attached hydrogens (tertiary/aromatic N) is 3. The first-order valence-corrected chi connectivity index (χ1v) is 6.37. The normalized spacial score (nSPS) is 24.3. The summed E-state index contributed by atoms with van der Waals surface area (Å²) in [6.07, 6.45) is 3.87. The van der Waals surface area contributed by atoms with Gasteiger partial charge in [0.25, 0.3) is 0 Å². The predicted octanol–water partition coefficient (Wildman–Crippen LogP) is 1.47. The van der Waals surface area contributed by atoms with E-state index in [1.807, 2.05) is 7.05 Å². The number of rotatable bonds is 4. The van der Waals surface area contributed by atoms with E-state index in [0.29, 0.717) is 5.41 Å². The third-order valence-corrected chi connectivity index (χ3v) is 3.56. The molecule has 4 heteroatoms. The van der Waals surface area contributed by atoms with Crippen LogP contribution in [0.4, 0.5) is 5.82 Å². The van der Waals surface area contributed by atoms with E-state index in [9.17, 15) is 0 Å². The van der Waals surface area contributed by atoms with Crippen LogP contribution in [-0.2, 0) is 6.42 Å². The zero-order valence-electron chi connectivity index (χ0n) is 11.0. The van der Waals surface area contributed by atoms with Gasteiger partial charge in [-0.3, -0.25) is 0 Å². The van der Waals surface area contributed by atoms with Crippen LogP contribution in [-0.4, -0.2) is 36.6 Å². The van der Waals surface area contributed by atoms with Gasteiger partial charge in [-0.1, -0.05) is 13.8 Å². The lowest BCUT2D eigenvalue weighted by Gasteiger charge is -2.24. The minimum absolute atomic E-state index is 0.367. The predicted molar refractivity (Wildman–Crippen MR) is 70.3 cm³/mol. The molecule has 0 amide bonds. The SMILES string of the molecule is CCc1cc(N2CCC(C)(CNC)C2)ncn1. The Balaban J connectivity index is 2.09. The van der Waals surface area contributed by atoms with Crippen molar-refractivity contribution in [3.05, 3.63) is 18.1 Å². The molecule has 1 N–H and O–H groups in total. The van der Waals surface area contributed by atoms with E-state index < -0.39 is 0 Å². The minimum Gasteiger partial charge on any atom is -0.356 e. The topological polar surface area (TPSA) is 41.0 Å². The summed E-state index contributed by atoms with van der Waals surface area (Å²) in [6, 6.07) is 2.12. The molecule has 0 aromatic carbocycles. The van der Waals surface area contributed by atoms with Gasteiger partial charge in [-0.2, -0.15) is 0 Å². The zero-order chi connectivity index (χ0) is 12.3. The van der Waals surface area contributed by atoms with Gasteiger partial charge in [-0.15, -0.1) is 0 Å². The second-order valence-corrected chi connectivity index (χ2v) is 5.23. The maximum Gasteiger partial charge on any atom is 0.132 e. The van der Waals surface area contributed by atoms with Crippen LogP contribution >= 0.6 is 0 Å². The van der Waals surface area contributed by atoms with Crippen LogP contribution in [0.5, 0.6) is 0 Å². The van der Waals surface area contributed by atoms with Crippen molar-refractivity contribution < 1.29 is 0 Å².